The van der Waals surface area contributed by atoms with Gasteiger partial charge in [0, 0.05) is 20.2 Å². The van der Waals surface area contributed by atoms with Crippen molar-refractivity contribution in [2.45, 2.75) is 19.6 Å². The molecule has 1 N–H and O–H groups in total. The van der Waals surface area contributed by atoms with Gasteiger partial charge in [-0.15, -0.1) is 10.2 Å². The number of ether oxygens (including phenoxy) is 1. The van der Waals surface area contributed by atoms with Crippen molar-refractivity contribution in [1.29, 1.82) is 0 Å². The lowest BCUT2D eigenvalue weighted by Crippen LogP contribution is -2.25. The molecular formula is C14H17N3O3S. The maximum atomic E-state index is 10.8. The second-order valence-electron chi connectivity index (χ2n) is 4.46. The van der Waals surface area contributed by atoms with Crippen LogP contribution in [0.25, 0.3) is 0 Å². The summed E-state index contributed by atoms with van der Waals surface area (Å²) in [5.41, 5.74) is 1.10. The van der Waals surface area contributed by atoms with Crippen LogP contribution in [0.1, 0.15) is 17.0 Å². The van der Waals surface area contributed by atoms with Gasteiger partial charge in [0.15, 0.2) is 0 Å². The molecule has 21 heavy (non-hydrogen) atoms. The van der Waals surface area contributed by atoms with Gasteiger partial charge < -0.3 is 14.7 Å². The van der Waals surface area contributed by atoms with E-state index < -0.39 is 5.97 Å². The molecule has 0 bridgehead atoms. The molecule has 1 heterocycles. The van der Waals surface area contributed by atoms with E-state index >= 15 is 0 Å². The Kier molecular flexibility index (Phi) is 5.65. The van der Waals surface area contributed by atoms with E-state index in [0.29, 0.717) is 24.8 Å². The van der Waals surface area contributed by atoms with E-state index in [9.17, 15) is 4.79 Å². The number of aliphatic carboxylic acids is 1. The van der Waals surface area contributed by atoms with E-state index in [1.54, 1.807) is 7.11 Å². The van der Waals surface area contributed by atoms with Crippen molar-refractivity contribution in [2.24, 2.45) is 0 Å². The second-order valence-corrected chi connectivity index (χ2v) is 5.50. The number of benzene rings is 1. The molecule has 0 aliphatic carbocycles. The predicted molar refractivity (Wildman–Crippen MR) is 80.4 cm³/mol. The summed E-state index contributed by atoms with van der Waals surface area (Å²) in [6.07, 6.45) is 0.0615. The number of carboxylic acids is 1. The third-order valence-corrected chi connectivity index (χ3v) is 3.76. The van der Waals surface area contributed by atoms with Gasteiger partial charge in [-0.05, 0) is 5.56 Å². The summed E-state index contributed by atoms with van der Waals surface area (Å²) in [6.45, 7) is 1.41. The minimum Gasteiger partial charge on any atom is -0.481 e. The Morgan fingerprint density at radius 1 is 1.33 bits per heavy atom. The molecule has 0 fully saturated rings. The molecule has 0 amide bonds. The van der Waals surface area contributed by atoms with Gasteiger partial charge in [-0.1, -0.05) is 41.7 Å². The first-order chi connectivity index (χ1) is 10.2. The highest BCUT2D eigenvalue weighted by atomic mass is 32.1. The molecular weight excluding hydrogens is 290 g/mol. The smallest absolute Gasteiger partial charge is 0.305 e. The highest BCUT2D eigenvalue weighted by molar-refractivity contribution is 7.15. The lowest BCUT2D eigenvalue weighted by molar-refractivity contribution is -0.136. The van der Waals surface area contributed by atoms with Crippen LogP contribution in [0.5, 0.6) is 0 Å². The Balaban J connectivity index is 2.12. The molecule has 0 atom stereocenters. The summed E-state index contributed by atoms with van der Waals surface area (Å²) < 4.78 is 5.03. The van der Waals surface area contributed by atoms with Gasteiger partial charge >= 0.3 is 5.97 Å². The molecule has 112 valence electrons. The minimum atomic E-state index is -0.824. The molecule has 2 rings (SSSR count). The van der Waals surface area contributed by atoms with Gasteiger partial charge in [0.05, 0.1) is 6.42 Å². The minimum absolute atomic E-state index is 0.0615. The van der Waals surface area contributed by atoms with E-state index in [2.05, 4.69) is 10.2 Å². The number of rotatable bonds is 8. The summed E-state index contributed by atoms with van der Waals surface area (Å²) in [7, 11) is 1.60. The lowest BCUT2D eigenvalue weighted by atomic mass is 10.2. The van der Waals surface area contributed by atoms with Crippen molar-refractivity contribution in [2.75, 3.05) is 18.6 Å². The fourth-order valence-electron chi connectivity index (χ4n) is 1.83. The zero-order valence-electron chi connectivity index (χ0n) is 11.7. The SMILES string of the molecule is COCc1nnc(N(CCC(=O)O)Cc2ccccc2)s1. The molecule has 0 aliphatic rings. The Labute approximate surface area is 127 Å². The Morgan fingerprint density at radius 3 is 2.76 bits per heavy atom. The third-order valence-electron chi connectivity index (χ3n) is 2.81. The number of hydrogen-bond donors (Lipinski definition) is 1. The fourth-order valence-corrected chi connectivity index (χ4v) is 2.67. The van der Waals surface area contributed by atoms with Gasteiger partial charge in [-0.2, -0.15) is 0 Å². The van der Waals surface area contributed by atoms with Crippen LogP contribution in [0.2, 0.25) is 0 Å². The molecule has 0 spiro atoms. The van der Waals surface area contributed by atoms with Crippen LogP contribution in [-0.4, -0.2) is 34.9 Å². The van der Waals surface area contributed by atoms with Crippen molar-refractivity contribution < 1.29 is 14.6 Å². The Morgan fingerprint density at radius 2 is 2.10 bits per heavy atom. The van der Waals surface area contributed by atoms with E-state index in [-0.39, 0.29) is 6.42 Å². The Hall–Kier alpha value is -1.99. The topological polar surface area (TPSA) is 75.6 Å². The van der Waals surface area contributed by atoms with Crippen molar-refractivity contribution in [3.05, 3.63) is 40.9 Å². The first-order valence-electron chi connectivity index (χ1n) is 6.51. The van der Waals surface area contributed by atoms with E-state index in [4.69, 9.17) is 9.84 Å². The number of carbonyl (C=O) groups is 1. The zero-order valence-corrected chi connectivity index (χ0v) is 12.5. The average Bonchev–Trinajstić information content (AvgIpc) is 2.93. The van der Waals surface area contributed by atoms with Gasteiger partial charge in [0.2, 0.25) is 5.13 Å². The maximum Gasteiger partial charge on any atom is 0.305 e. The van der Waals surface area contributed by atoms with Crippen molar-refractivity contribution in [3.63, 3.8) is 0 Å². The maximum absolute atomic E-state index is 10.8. The molecule has 0 unspecified atom stereocenters. The number of nitrogens with zero attached hydrogens (tertiary/aromatic N) is 3. The summed E-state index contributed by atoms with van der Waals surface area (Å²) in [6, 6.07) is 9.88. The van der Waals surface area contributed by atoms with Gasteiger partial charge in [0.25, 0.3) is 0 Å². The van der Waals surface area contributed by atoms with E-state index in [0.717, 1.165) is 10.6 Å². The van der Waals surface area contributed by atoms with Gasteiger partial charge in [-0.3, -0.25) is 4.79 Å². The molecule has 6 nitrogen and oxygen atoms in total. The lowest BCUT2D eigenvalue weighted by Gasteiger charge is -2.20. The molecule has 0 radical (unpaired) electrons. The molecule has 0 saturated carbocycles. The Bertz CT molecular complexity index is 574. The standard InChI is InChI=1S/C14H17N3O3S/c1-20-10-12-15-16-14(21-12)17(8-7-13(18)19)9-11-5-3-2-4-6-11/h2-6H,7-10H2,1H3,(H,18,19). The normalized spacial score (nSPS) is 10.5. The van der Waals surface area contributed by atoms with Gasteiger partial charge in [-0.25, -0.2) is 0 Å². The van der Waals surface area contributed by atoms with Crippen molar-refractivity contribution in [3.8, 4) is 0 Å². The van der Waals surface area contributed by atoms with Crippen molar-refractivity contribution in [1.82, 2.24) is 10.2 Å². The van der Waals surface area contributed by atoms with Gasteiger partial charge in [0.1, 0.15) is 11.6 Å². The van der Waals surface area contributed by atoms with E-state index in [1.165, 1.54) is 11.3 Å². The highest BCUT2D eigenvalue weighted by Gasteiger charge is 2.14. The number of carboxylic acid groups (broad SMARTS) is 1. The largest absolute Gasteiger partial charge is 0.481 e. The first kappa shape index (κ1) is 15.4. The quantitative estimate of drug-likeness (QED) is 0.805. The summed E-state index contributed by atoms with van der Waals surface area (Å²) >= 11 is 1.42. The van der Waals surface area contributed by atoms with Crippen LogP contribution >= 0.6 is 11.3 Å². The third kappa shape index (κ3) is 4.80. The summed E-state index contributed by atoms with van der Waals surface area (Å²) in [5.74, 6) is -0.824. The monoisotopic (exact) mass is 307 g/mol. The second kappa shape index (κ2) is 7.70. The van der Waals surface area contributed by atoms with Crippen LogP contribution < -0.4 is 4.90 Å². The summed E-state index contributed by atoms with van der Waals surface area (Å²) in [5, 5.41) is 18.6. The van der Waals surface area contributed by atoms with Crippen molar-refractivity contribution >= 4 is 22.4 Å². The van der Waals surface area contributed by atoms with Crippen LogP contribution in [0, 0.1) is 0 Å². The number of hydrogen-bond acceptors (Lipinski definition) is 6. The van der Waals surface area contributed by atoms with Crippen LogP contribution in [-0.2, 0) is 22.7 Å². The molecule has 0 saturated heterocycles. The number of aromatic nitrogens is 2. The molecule has 1 aromatic carbocycles. The molecule has 0 aliphatic heterocycles. The number of methoxy groups -OCH3 is 1. The predicted octanol–water partition coefficient (Wildman–Crippen LogP) is 2.17. The molecule has 2 aromatic rings. The highest BCUT2D eigenvalue weighted by Crippen LogP contribution is 2.23. The van der Waals surface area contributed by atoms with E-state index in [1.807, 2.05) is 35.2 Å². The number of anilines is 1. The first-order valence-corrected chi connectivity index (χ1v) is 7.32. The summed E-state index contributed by atoms with van der Waals surface area (Å²) in [4.78, 5) is 12.7. The molecule has 7 heteroatoms. The van der Waals surface area contributed by atoms with Crippen LogP contribution in [0.3, 0.4) is 0 Å². The van der Waals surface area contributed by atoms with Crippen LogP contribution in [0.4, 0.5) is 5.13 Å². The van der Waals surface area contributed by atoms with Crippen LogP contribution in [0.15, 0.2) is 30.3 Å². The average molecular weight is 307 g/mol. The zero-order chi connectivity index (χ0) is 15.1. The fraction of sp³-hybridized carbons (Fsp3) is 0.357. The molecule has 1 aromatic heterocycles.